The SMILES string of the molecule is CCNC(=O)c1ccc(N)c(OCCN(C)C2CC2)c1. The van der Waals surface area contributed by atoms with Gasteiger partial charge in [0.2, 0.25) is 0 Å². The summed E-state index contributed by atoms with van der Waals surface area (Å²) in [6.45, 7) is 3.94. The molecule has 1 saturated carbocycles. The van der Waals surface area contributed by atoms with E-state index in [1.54, 1.807) is 18.2 Å². The van der Waals surface area contributed by atoms with Crippen LogP contribution in [0.1, 0.15) is 30.1 Å². The first-order valence-corrected chi connectivity index (χ1v) is 7.12. The number of carbonyl (C=O) groups excluding carboxylic acids is 1. The Bertz CT molecular complexity index is 472. The van der Waals surface area contributed by atoms with Crippen LogP contribution in [-0.4, -0.2) is 43.6 Å². The fourth-order valence-electron chi connectivity index (χ4n) is 2.06. The maximum absolute atomic E-state index is 11.8. The van der Waals surface area contributed by atoms with Crippen molar-refractivity contribution in [2.24, 2.45) is 0 Å². The maximum Gasteiger partial charge on any atom is 0.251 e. The first-order valence-electron chi connectivity index (χ1n) is 7.12. The summed E-state index contributed by atoms with van der Waals surface area (Å²) in [5.41, 5.74) is 7.02. The number of nitrogens with zero attached hydrogens (tertiary/aromatic N) is 1. The lowest BCUT2D eigenvalue weighted by Gasteiger charge is -2.16. The second kappa shape index (κ2) is 6.61. The van der Waals surface area contributed by atoms with Gasteiger partial charge in [0.05, 0.1) is 5.69 Å². The van der Waals surface area contributed by atoms with Crippen LogP contribution in [-0.2, 0) is 0 Å². The summed E-state index contributed by atoms with van der Waals surface area (Å²) in [5.74, 6) is 0.477. The van der Waals surface area contributed by atoms with Crippen LogP contribution < -0.4 is 15.8 Å². The predicted molar refractivity (Wildman–Crippen MR) is 80.0 cm³/mol. The highest BCUT2D eigenvalue weighted by Crippen LogP contribution is 2.26. The molecule has 0 radical (unpaired) electrons. The monoisotopic (exact) mass is 277 g/mol. The Balaban J connectivity index is 1.91. The summed E-state index contributed by atoms with van der Waals surface area (Å²) in [6, 6.07) is 5.85. The molecule has 0 bridgehead atoms. The minimum absolute atomic E-state index is 0.104. The van der Waals surface area contributed by atoms with Gasteiger partial charge < -0.3 is 20.7 Å². The molecule has 0 spiro atoms. The number of benzene rings is 1. The number of anilines is 1. The third-order valence-electron chi connectivity index (χ3n) is 3.48. The van der Waals surface area contributed by atoms with Gasteiger partial charge in [-0.05, 0) is 45.0 Å². The molecule has 2 rings (SSSR count). The summed E-state index contributed by atoms with van der Waals surface area (Å²) < 4.78 is 5.71. The van der Waals surface area contributed by atoms with Gasteiger partial charge in [-0.15, -0.1) is 0 Å². The molecular formula is C15H23N3O2. The van der Waals surface area contributed by atoms with E-state index in [0.717, 1.165) is 12.6 Å². The fourth-order valence-corrected chi connectivity index (χ4v) is 2.06. The molecule has 3 N–H and O–H groups in total. The van der Waals surface area contributed by atoms with Crippen LogP contribution in [0.5, 0.6) is 5.75 Å². The second-order valence-electron chi connectivity index (χ2n) is 5.17. The molecule has 1 aliphatic rings. The number of likely N-dealkylation sites (N-methyl/N-ethyl adjacent to an activating group) is 1. The molecule has 0 saturated heterocycles. The van der Waals surface area contributed by atoms with Gasteiger partial charge in [0.1, 0.15) is 12.4 Å². The summed E-state index contributed by atoms with van der Waals surface area (Å²) in [7, 11) is 2.11. The van der Waals surface area contributed by atoms with Crippen LogP contribution in [0, 0.1) is 0 Å². The van der Waals surface area contributed by atoms with Crippen molar-refractivity contribution in [3.63, 3.8) is 0 Å². The van der Waals surface area contributed by atoms with Crippen LogP contribution in [0.2, 0.25) is 0 Å². The Morgan fingerprint density at radius 1 is 1.50 bits per heavy atom. The smallest absolute Gasteiger partial charge is 0.251 e. The zero-order valence-electron chi connectivity index (χ0n) is 12.2. The van der Waals surface area contributed by atoms with E-state index in [4.69, 9.17) is 10.5 Å². The van der Waals surface area contributed by atoms with Gasteiger partial charge >= 0.3 is 0 Å². The molecule has 5 nitrogen and oxygen atoms in total. The quantitative estimate of drug-likeness (QED) is 0.741. The van der Waals surface area contributed by atoms with Crippen molar-refractivity contribution in [1.29, 1.82) is 0 Å². The molecule has 0 heterocycles. The van der Waals surface area contributed by atoms with Crippen molar-refractivity contribution in [2.45, 2.75) is 25.8 Å². The Labute approximate surface area is 120 Å². The lowest BCUT2D eigenvalue weighted by molar-refractivity contribution is 0.0955. The number of nitrogen functional groups attached to an aromatic ring is 1. The predicted octanol–water partition coefficient (Wildman–Crippen LogP) is 1.49. The zero-order valence-corrected chi connectivity index (χ0v) is 12.2. The number of carbonyl (C=O) groups is 1. The molecule has 110 valence electrons. The third kappa shape index (κ3) is 3.87. The van der Waals surface area contributed by atoms with Gasteiger partial charge in [-0.25, -0.2) is 0 Å². The van der Waals surface area contributed by atoms with Gasteiger partial charge in [0.15, 0.2) is 0 Å². The van der Waals surface area contributed by atoms with Crippen LogP contribution >= 0.6 is 0 Å². The third-order valence-corrected chi connectivity index (χ3v) is 3.48. The number of hydrogen-bond acceptors (Lipinski definition) is 4. The van der Waals surface area contributed by atoms with E-state index < -0.39 is 0 Å². The number of hydrogen-bond donors (Lipinski definition) is 2. The summed E-state index contributed by atoms with van der Waals surface area (Å²) in [6.07, 6.45) is 2.57. The Hall–Kier alpha value is -1.75. The van der Waals surface area contributed by atoms with Crippen LogP contribution in [0.25, 0.3) is 0 Å². The highest BCUT2D eigenvalue weighted by Gasteiger charge is 2.25. The highest BCUT2D eigenvalue weighted by atomic mass is 16.5. The fraction of sp³-hybridized carbons (Fsp3) is 0.533. The minimum Gasteiger partial charge on any atom is -0.490 e. The van der Waals surface area contributed by atoms with E-state index in [2.05, 4.69) is 17.3 Å². The average molecular weight is 277 g/mol. The summed E-state index contributed by atoms with van der Waals surface area (Å²) >= 11 is 0. The maximum atomic E-state index is 11.8. The zero-order chi connectivity index (χ0) is 14.5. The molecule has 1 amide bonds. The van der Waals surface area contributed by atoms with E-state index in [-0.39, 0.29) is 5.91 Å². The van der Waals surface area contributed by atoms with Crippen molar-refractivity contribution >= 4 is 11.6 Å². The largest absolute Gasteiger partial charge is 0.490 e. The van der Waals surface area contributed by atoms with Gasteiger partial charge in [-0.1, -0.05) is 0 Å². The van der Waals surface area contributed by atoms with E-state index in [9.17, 15) is 4.79 Å². The summed E-state index contributed by atoms with van der Waals surface area (Å²) in [4.78, 5) is 14.1. The van der Waals surface area contributed by atoms with E-state index in [0.29, 0.717) is 30.2 Å². The standard InChI is InChI=1S/C15H23N3O2/c1-3-17-15(19)11-4-7-13(16)14(10-11)20-9-8-18(2)12-5-6-12/h4,7,10,12H,3,5-6,8-9,16H2,1-2H3,(H,17,19). The molecule has 1 aromatic carbocycles. The summed E-state index contributed by atoms with van der Waals surface area (Å²) in [5, 5.41) is 2.76. The molecule has 1 aliphatic carbocycles. The molecule has 5 heteroatoms. The van der Waals surface area contributed by atoms with E-state index in [1.165, 1.54) is 12.8 Å². The second-order valence-corrected chi connectivity index (χ2v) is 5.17. The molecule has 0 atom stereocenters. The topological polar surface area (TPSA) is 67.6 Å². The van der Waals surface area contributed by atoms with Crippen molar-refractivity contribution in [1.82, 2.24) is 10.2 Å². The first-order chi connectivity index (χ1) is 9.61. The molecule has 0 aromatic heterocycles. The van der Waals surface area contributed by atoms with Crippen LogP contribution in [0.15, 0.2) is 18.2 Å². The molecule has 1 aromatic rings. The molecule has 20 heavy (non-hydrogen) atoms. The van der Waals surface area contributed by atoms with Gasteiger partial charge in [-0.2, -0.15) is 0 Å². The van der Waals surface area contributed by atoms with Gasteiger partial charge in [0, 0.05) is 24.7 Å². The molecule has 1 fully saturated rings. The number of nitrogens with one attached hydrogen (secondary N) is 1. The van der Waals surface area contributed by atoms with E-state index in [1.807, 2.05) is 6.92 Å². The molecular weight excluding hydrogens is 254 g/mol. The van der Waals surface area contributed by atoms with Crippen molar-refractivity contribution in [3.8, 4) is 5.75 Å². The Kier molecular flexibility index (Phi) is 4.84. The van der Waals surface area contributed by atoms with Crippen molar-refractivity contribution in [3.05, 3.63) is 23.8 Å². The van der Waals surface area contributed by atoms with Crippen molar-refractivity contribution < 1.29 is 9.53 Å². The minimum atomic E-state index is -0.104. The number of nitrogens with two attached hydrogens (primary N) is 1. The number of ether oxygens (including phenoxy) is 1. The highest BCUT2D eigenvalue weighted by molar-refractivity contribution is 5.95. The lowest BCUT2D eigenvalue weighted by Crippen LogP contribution is -2.26. The van der Waals surface area contributed by atoms with Crippen molar-refractivity contribution in [2.75, 3.05) is 32.5 Å². The van der Waals surface area contributed by atoms with Crippen LogP contribution in [0.3, 0.4) is 0 Å². The Morgan fingerprint density at radius 2 is 2.25 bits per heavy atom. The lowest BCUT2D eigenvalue weighted by atomic mass is 10.2. The molecule has 0 aliphatic heterocycles. The Morgan fingerprint density at radius 3 is 2.90 bits per heavy atom. The van der Waals surface area contributed by atoms with Crippen LogP contribution in [0.4, 0.5) is 5.69 Å². The average Bonchev–Trinajstić information content (AvgIpc) is 3.25. The van der Waals surface area contributed by atoms with Gasteiger partial charge in [0.25, 0.3) is 5.91 Å². The first kappa shape index (κ1) is 14.7. The molecule has 0 unspecified atom stereocenters. The van der Waals surface area contributed by atoms with E-state index >= 15 is 0 Å². The number of amides is 1. The normalized spacial score (nSPS) is 14.3. The van der Waals surface area contributed by atoms with Gasteiger partial charge in [-0.3, -0.25) is 4.79 Å². The number of rotatable bonds is 7.